The van der Waals surface area contributed by atoms with E-state index in [-0.39, 0.29) is 0 Å². The molecule has 0 radical (unpaired) electrons. The zero-order valence-corrected chi connectivity index (χ0v) is 7.03. The second-order valence-electron chi connectivity index (χ2n) is 2.56. The Hall–Kier alpha value is -0.670. The van der Waals surface area contributed by atoms with Gasteiger partial charge in [-0.15, -0.1) is 11.3 Å². The van der Waals surface area contributed by atoms with E-state index < -0.39 is 0 Å². The molecular formula is C8H10N2S. The van der Waals surface area contributed by atoms with E-state index in [1.54, 1.807) is 11.3 Å². The van der Waals surface area contributed by atoms with Crippen LogP contribution in [0.4, 0.5) is 0 Å². The first-order chi connectivity index (χ1) is 5.47. The molecule has 0 spiro atoms. The first kappa shape index (κ1) is 7.00. The molecule has 0 aliphatic carbocycles. The van der Waals surface area contributed by atoms with Crippen LogP contribution in [0.25, 0.3) is 5.57 Å². The molecule has 1 aliphatic rings. The highest BCUT2D eigenvalue weighted by Crippen LogP contribution is 2.19. The first-order valence-corrected chi connectivity index (χ1v) is 4.63. The van der Waals surface area contributed by atoms with Crippen LogP contribution >= 0.6 is 11.3 Å². The normalized spacial score (nSPS) is 18.0. The molecule has 11 heavy (non-hydrogen) atoms. The Bertz CT molecular complexity index is 251. The van der Waals surface area contributed by atoms with Gasteiger partial charge in [-0.3, -0.25) is 4.98 Å². The SMILES string of the molecule is C1=C(c2cncs2)CNCC1. The lowest BCUT2D eigenvalue weighted by atomic mass is 10.1. The molecular weight excluding hydrogens is 156 g/mol. The third-order valence-electron chi connectivity index (χ3n) is 1.78. The van der Waals surface area contributed by atoms with Gasteiger partial charge in [-0.05, 0) is 18.5 Å². The van der Waals surface area contributed by atoms with Crippen molar-refractivity contribution in [1.29, 1.82) is 0 Å². The quantitative estimate of drug-likeness (QED) is 0.684. The zero-order valence-electron chi connectivity index (χ0n) is 6.21. The second kappa shape index (κ2) is 3.15. The standard InChI is InChI=1S/C8H10N2S/c1-2-7(4-9-3-1)8-5-10-6-11-8/h2,5-6,9H,1,3-4H2. The van der Waals surface area contributed by atoms with E-state index in [9.17, 15) is 0 Å². The third-order valence-corrected chi connectivity index (χ3v) is 2.62. The molecule has 3 heteroatoms. The Labute approximate surface area is 70.0 Å². The van der Waals surface area contributed by atoms with E-state index in [0.717, 1.165) is 19.5 Å². The molecule has 0 bridgehead atoms. The Balaban J connectivity index is 2.22. The number of hydrogen-bond acceptors (Lipinski definition) is 3. The predicted octanol–water partition coefficient (Wildman–Crippen LogP) is 1.52. The van der Waals surface area contributed by atoms with Gasteiger partial charge in [0.05, 0.1) is 10.4 Å². The highest BCUT2D eigenvalue weighted by molar-refractivity contribution is 7.10. The number of rotatable bonds is 1. The van der Waals surface area contributed by atoms with Crippen molar-refractivity contribution < 1.29 is 0 Å². The van der Waals surface area contributed by atoms with E-state index in [1.165, 1.54) is 10.5 Å². The summed E-state index contributed by atoms with van der Waals surface area (Å²) in [6.45, 7) is 2.12. The summed E-state index contributed by atoms with van der Waals surface area (Å²) >= 11 is 1.71. The second-order valence-corrected chi connectivity index (χ2v) is 3.45. The van der Waals surface area contributed by atoms with Crippen molar-refractivity contribution in [3.05, 3.63) is 22.7 Å². The van der Waals surface area contributed by atoms with Crippen molar-refractivity contribution in [3.63, 3.8) is 0 Å². The van der Waals surface area contributed by atoms with Crippen molar-refractivity contribution in [2.75, 3.05) is 13.1 Å². The van der Waals surface area contributed by atoms with Crippen molar-refractivity contribution in [3.8, 4) is 0 Å². The highest BCUT2D eigenvalue weighted by atomic mass is 32.1. The van der Waals surface area contributed by atoms with Crippen LogP contribution < -0.4 is 5.32 Å². The molecule has 1 aliphatic heterocycles. The van der Waals surface area contributed by atoms with Crippen LogP contribution in [-0.2, 0) is 0 Å². The van der Waals surface area contributed by atoms with E-state index in [4.69, 9.17) is 0 Å². The number of thiazole rings is 1. The molecule has 0 amide bonds. The summed E-state index contributed by atoms with van der Waals surface area (Å²) in [4.78, 5) is 5.35. The summed E-state index contributed by atoms with van der Waals surface area (Å²) in [5.74, 6) is 0. The van der Waals surface area contributed by atoms with E-state index in [0.29, 0.717) is 0 Å². The number of nitrogens with one attached hydrogen (secondary N) is 1. The monoisotopic (exact) mass is 166 g/mol. The van der Waals surface area contributed by atoms with Crippen LogP contribution in [0.1, 0.15) is 11.3 Å². The van der Waals surface area contributed by atoms with Crippen LogP contribution in [0.2, 0.25) is 0 Å². The van der Waals surface area contributed by atoms with Gasteiger partial charge in [-0.1, -0.05) is 6.08 Å². The minimum absolute atomic E-state index is 1.00. The fourth-order valence-corrected chi connectivity index (χ4v) is 1.87. The van der Waals surface area contributed by atoms with Crippen molar-refractivity contribution in [2.45, 2.75) is 6.42 Å². The molecule has 1 N–H and O–H groups in total. The maximum absolute atomic E-state index is 4.05. The third kappa shape index (κ3) is 1.49. The lowest BCUT2D eigenvalue weighted by molar-refractivity contribution is 0.740. The van der Waals surface area contributed by atoms with Gasteiger partial charge in [0.25, 0.3) is 0 Å². The Morgan fingerprint density at radius 3 is 3.18 bits per heavy atom. The Morgan fingerprint density at radius 1 is 1.55 bits per heavy atom. The molecule has 58 valence electrons. The summed E-state index contributed by atoms with van der Waals surface area (Å²) in [5, 5.41) is 3.33. The summed E-state index contributed by atoms with van der Waals surface area (Å²) in [6.07, 6.45) is 5.38. The van der Waals surface area contributed by atoms with Gasteiger partial charge in [0, 0.05) is 12.7 Å². The molecule has 0 unspecified atom stereocenters. The minimum atomic E-state index is 1.00. The van der Waals surface area contributed by atoms with Crippen LogP contribution in [0.15, 0.2) is 17.8 Å². The van der Waals surface area contributed by atoms with Crippen LogP contribution in [0.3, 0.4) is 0 Å². The van der Waals surface area contributed by atoms with E-state index >= 15 is 0 Å². The van der Waals surface area contributed by atoms with Crippen molar-refractivity contribution >= 4 is 16.9 Å². The number of hydrogen-bond donors (Lipinski definition) is 1. The first-order valence-electron chi connectivity index (χ1n) is 3.75. The lowest BCUT2D eigenvalue weighted by Crippen LogP contribution is -2.20. The van der Waals surface area contributed by atoms with Crippen LogP contribution in [-0.4, -0.2) is 18.1 Å². The average Bonchev–Trinajstić information content (AvgIpc) is 2.58. The van der Waals surface area contributed by atoms with Gasteiger partial charge in [-0.2, -0.15) is 0 Å². The molecule has 2 heterocycles. The van der Waals surface area contributed by atoms with Crippen molar-refractivity contribution in [1.82, 2.24) is 10.3 Å². The predicted molar refractivity (Wildman–Crippen MR) is 47.6 cm³/mol. The molecule has 0 fully saturated rings. The fourth-order valence-electron chi connectivity index (χ4n) is 1.21. The zero-order chi connectivity index (χ0) is 7.52. The summed E-state index contributed by atoms with van der Waals surface area (Å²) in [6, 6.07) is 0. The Kier molecular flexibility index (Phi) is 2.01. The van der Waals surface area contributed by atoms with Gasteiger partial charge < -0.3 is 5.32 Å². The minimum Gasteiger partial charge on any atom is -0.312 e. The van der Waals surface area contributed by atoms with Crippen LogP contribution in [0, 0.1) is 0 Å². The average molecular weight is 166 g/mol. The van der Waals surface area contributed by atoms with E-state index in [2.05, 4.69) is 16.4 Å². The maximum Gasteiger partial charge on any atom is 0.0797 e. The molecule has 0 atom stereocenters. The van der Waals surface area contributed by atoms with Gasteiger partial charge >= 0.3 is 0 Å². The van der Waals surface area contributed by atoms with Crippen molar-refractivity contribution in [2.24, 2.45) is 0 Å². The lowest BCUT2D eigenvalue weighted by Gasteiger charge is -2.11. The molecule has 1 aromatic heterocycles. The maximum atomic E-state index is 4.05. The molecule has 2 nitrogen and oxygen atoms in total. The Morgan fingerprint density at radius 2 is 2.55 bits per heavy atom. The largest absolute Gasteiger partial charge is 0.312 e. The molecule has 1 aromatic rings. The van der Waals surface area contributed by atoms with Crippen LogP contribution in [0.5, 0.6) is 0 Å². The molecule has 0 aromatic carbocycles. The highest BCUT2D eigenvalue weighted by Gasteiger charge is 2.05. The van der Waals surface area contributed by atoms with Gasteiger partial charge in [0.2, 0.25) is 0 Å². The molecule has 2 rings (SSSR count). The summed E-state index contributed by atoms with van der Waals surface area (Å²) < 4.78 is 0. The van der Waals surface area contributed by atoms with Gasteiger partial charge in [0.1, 0.15) is 0 Å². The molecule has 0 saturated heterocycles. The topological polar surface area (TPSA) is 24.9 Å². The summed E-state index contributed by atoms with van der Waals surface area (Å²) in [7, 11) is 0. The number of aromatic nitrogens is 1. The van der Waals surface area contributed by atoms with Gasteiger partial charge in [0.15, 0.2) is 0 Å². The fraction of sp³-hybridized carbons (Fsp3) is 0.375. The number of nitrogens with zero attached hydrogens (tertiary/aromatic N) is 1. The summed E-state index contributed by atoms with van der Waals surface area (Å²) in [5.41, 5.74) is 3.28. The smallest absolute Gasteiger partial charge is 0.0797 e. The van der Waals surface area contributed by atoms with E-state index in [1.807, 2.05) is 11.7 Å². The van der Waals surface area contributed by atoms with Gasteiger partial charge in [-0.25, -0.2) is 0 Å². The molecule has 0 saturated carbocycles.